The Labute approximate surface area is 127 Å². The first kappa shape index (κ1) is 15.8. The normalized spacial score (nSPS) is 18.8. The molecule has 1 heterocycles. The lowest BCUT2D eigenvalue weighted by Crippen LogP contribution is -2.36. The zero-order valence-corrected chi connectivity index (χ0v) is 13.3. The van der Waals surface area contributed by atoms with Crippen LogP contribution in [0.2, 0.25) is 0 Å². The number of likely N-dealkylation sites (tertiary alicyclic amines) is 1. The van der Waals surface area contributed by atoms with Gasteiger partial charge in [-0.15, -0.1) is 0 Å². The molecule has 0 radical (unpaired) electrons. The third-order valence-electron chi connectivity index (χ3n) is 3.54. The molecule has 4 heteroatoms. The fourth-order valence-electron chi connectivity index (χ4n) is 2.51. The Morgan fingerprint density at radius 2 is 2.05 bits per heavy atom. The van der Waals surface area contributed by atoms with Crippen LogP contribution in [0.1, 0.15) is 32.8 Å². The summed E-state index contributed by atoms with van der Waals surface area (Å²) in [7, 11) is 0. The molecule has 2 rings (SSSR count). The van der Waals surface area contributed by atoms with E-state index in [0.717, 1.165) is 32.6 Å². The van der Waals surface area contributed by atoms with Crippen molar-refractivity contribution in [1.82, 2.24) is 10.2 Å². The summed E-state index contributed by atoms with van der Waals surface area (Å²) in [6, 6.07) is 10.4. The van der Waals surface area contributed by atoms with Crippen molar-refractivity contribution in [3.8, 4) is 0 Å². The SMILES string of the molecule is CC(C)(C)OC(=O)N1CCC(CNCc2ccccc2)C1. The summed E-state index contributed by atoms with van der Waals surface area (Å²) in [6.45, 7) is 9.11. The molecule has 1 fully saturated rings. The molecule has 1 aromatic carbocycles. The van der Waals surface area contributed by atoms with Crippen LogP contribution in [0.5, 0.6) is 0 Å². The van der Waals surface area contributed by atoms with Gasteiger partial charge in [0.25, 0.3) is 0 Å². The highest BCUT2D eigenvalue weighted by Crippen LogP contribution is 2.19. The summed E-state index contributed by atoms with van der Waals surface area (Å²) >= 11 is 0. The molecule has 21 heavy (non-hydrogen) atoms. The standard InChI is InChI=1S/C17H26N2O2/c1-17(2,3)21-16(20)19-10-9-15(13-19)12-18-11-14-7-5-4-6-8-14/h4-8,15,18H,9-13H2,1-3H3. The summed E-state index contributed by atoms with van der Waals surface area (Å²) in [5.74, 6) is 0.515. The van der Waals surface area contributed by atoms with Crippen molar-refractivity contribution >= 4 is 6.09 Å². The lowest BCUT2D eigenvalue weighted by atomic mass is 10.1. The minimum Gasteiger partial charge on any atom is -0.444 e. The molecule has 1 aromatic rings. The predicted molar refractivity (Wildman–Crippen MR) is 84.1 cm³/mol. The largest absolute Gasteiger partial charge is 0.444 e. The first-order valence-electron chi connectivity index (χ1n) is 7.66. The van der Waals surface area contributed by atoms with E-state index in [2.05, 4.69) is 29.6 Å². The molecule has 1 N–H and O–H groups in total. The molecule has 0 bridgehead atoms. The summed E-state index contributed by atoms with van der Waals surface area (Å²) in [4.78, 5) is 13.8. The molecule has 1 unspecified atom stereocenters. The lowest BCUT2D eigenvalue weighted by molar-refractivity contribution is 0.0288. The zero-order valence-electron chi connectivity index (χ0n) is 13.3. The maximum Gasteiger partial charge on any atom is 0.410 e. The van der Waals surface area contributed by atoms with Gasteiger partial charge in [0, 0.05) is 26.2 Å². The highest BCUT2D eigenvalue weighted by Gasteiger charge is 2.29. The van der Waals surface area contributed by atoms with Crippen molar-refractivity contribution in [3.63, 3.8) is 0 Å². The maximum atomic E-state index is 12.0. The van der Waals surface area contributed by atoms with E-state index in [4.69, 9.17) is 4.74 Å². The van der Waals surface area contributed by atoms with E-state index in [1.807, 2.05) is 31.7 Å². The molecule has 0 spiro atoms. The number of hydrogen-bond acceptors (Lipinski definition) is 3. The third kappa shape index (κ3) is 5.38. The number of nitrogens with zero attached hydrogens (tertiary/aromatic N) is 1. The second kappa shape index (κ2) is 6.94. The Bertz CT molecular complexity index is 454. The van der Waals surface area contributed by atoms with E-state index in [0.29, 0.717) is 5.92 Å². The van der Waals surface area contributed by atoms with Crippen molar-refractivity contribution < 1.29 is 9.53 Å². The topological polar surface area (TPSA) is 41.6 Å². The second-order valence-corrected chi connectivity index (χ2v) is 6.70. The average molecular weight is 290 g/mol. The average Bonchev–Trinajstić information content (AvgIpc) is 2.87. The Morgan fingerprint density at radius 3 is 2.71 bits per heavy atom. The van der Waals surface area contributed by atoms with Crippen molar-refractivity contribution in [3.05, 3.63) is 35.9 Å². The lowest BCUT2D eigenvalue weighted by Gasteiger charge is -2.24. The maximum absolute atomic E-state index is 12.0. The molecule has 116 valence electrons. The van der Waals surface area contributed by atoms with Crippen LogP contribution in [0, 0.1) is 5.92 Å². The molecular weight excluding hydrogens is 264 g/mol. The molecular formula is C17H26N2O2. The molecule has 1 amide bonds. The van der Waals surface area contributed by atoms with Crippen LogP contribution in [-0.4, -0.2) is 36.2 Å². The molecule has 1 saturated heterocycles. The Morgan fingerprint density at radius 1 is 1.33 bits per heavy atom. The van der Waals surface area contributed by atoms with Gasteiger partial charge in [-0.1, -0.05) is 30.3 Å². The Balaban J connectivity index is 1.69. The smallest absolute Gasteiger partial charge is 0.410 e. The van der Waals surface area contributed by atoms with Crippen LogP contribution in [0.15, 0.2) is 30.3 Å². The molecule has 1 aliphatic heterocycles. The minimum absolute atomic E-state index is 0.187. The van der Waals surface area contributed by atoms with Crippen LogP contribution in [0.3, 0.4) is 0 Å². The van der Waals surface area contributed by atoms with Gasteiger partial charge in [-0.05, 0) is 38.7 Å². The highest BCUT2D eigenvalue weighted by molar-refractivity contribution is 5.68. The van der Waals surface area contributed by atoms with Crippen molar-refractivity contribution in [2.45, 2.75) is 39.3 Å². The van der Waals surface area contributed by atoms with Gasteiger partial charge in [-0.3, -0.25) is 0 Å². The van der Waals surface area contributed by atoms with Crippen LogP contribution in [0.4, 0.5) is 4.79 Å². The monoisotopic (exact) mass is 290 g/mol. The van der Waals surface area contributed by atoms with E-state index < -0.39 is 5.60 Å². The van der Waals surface area contributed by atoms with E-state index in [-0.39, 0.29) is 6.09 Å². The second-order valence-electron chi connectivity index (χ2n) is 6.70. The number of benzene rings is 1. The fourth-order valence-corrected chi connectivity index (χ4v) is 2.51. The van der Waals surface area contributed by atoms with Gasteiger partial charge in [-0.25, -0.2) is 4.79 Å². The van der Waals surface area contributed by atoms with Crippen molar-refractivity contribution in [2.24, 2.45) is 5.92 Å². The van der Waals surface area contributed by atoms with Crippen LogP contribution in [0.25, 0.3) is 0 Å². The molecule has 1 atom stereocenters. The van der Waals surface area contributed by atoms with Crippen LogP contribution < -0.4 is 5.32 Å². The number of hydrogen-bond donors (Lipinski definition) is 1. The summed E-state index contributed by atoms with van der Waals surface area (Å²) in [5, 5.41) is 3.47. The molecule has 0 aromatic heterocycles. The quantitative estimate of drug-likeness (QED) is 0.926. The molecule has 1 aliphatic rings. The number of amides is 1. The van der Waals surface area contributed by atoms with E-state index in [1.54, 1.807) is 0 Å². The van der Waals surface area contributed by atoms with Crippen molar-refractivity contribution in [1.29, 1.82) is 0 Å². The summed E-state index contributed by atoms with van der Waals surface area (Å²) in [6.07, 6.45) is 0.856. The van der Waals surface area contributed by atoms with E-state index >= 15 is 0 Å². The predicted octanol–water partition coefficient (Wildman–Crippen LogP) is 3.03. The van der Waals surface area contributed by atoms with Gasteiger partial charge in [0.15, 0.2) is 0 Å². The minimum atomic E-state index is -0.416. The number of carbonyl (C=O) groups is 1. The Kier molecular flexibility index (Phi) is 5.23. The van der Waals surface area contributed by atoms with Crippen LogP contribution >= 0.6 is 0 Å². The number of ether oxygens (including phenoxy) is 1. The van der Waals surface area contributed by atoms with Gasteiger partial charge < -0.3 is 15.0 Å². The highest BCUT2D eigenvalue weighted by atomic mass is 16.6. The number of nitrogens with one attached hydrogen (secondary N) is 1. The van der Waals surface area contributed by atoms with Gasteiger partial charge >= 0.3 is 6.09 Å². The van der Waals surface area contributed by atoms with Gasteiger partial charge in [0.1, 0.15) is 5.60 Å². The van der Waals surface area contributed by atoms with Crippen LogP contribution in [-0.2, 0) is 11.3 Å². The number of rotatable bonds is 4. The van der Waals surface area contributed by atoms with Gasteiger partial charge in [0.05, 0.1) is 0 Å². The van der Waals surface area contributed by atoms with E-state index in [1.165, 1.54) is 5.56 Å². The first-order valence-corrected chi connectivity index (χ1v) is 7.66. The molecule has 0 aliphatic carbocycles. The molecule has 4 nitrogen and oxygen atoms in total. The van der Waals surface area contributed by atoms with Gasteiger partial charge in [0.2, 0.25) is 0 Å². The Hall–Kier alpha value is -1.55. The third-order valence-corrected chi connectivity index (χ3v) is 3.54. The fraction of sp³-hybridized carbons (Fsp3) is 0.588. The first-order chi connectivity index (χ1) is 9.94. The zero-order chi connectivity index (χ0) is 15.3. The van der Waals surface area contributed by atoms with Gasteiger partial charge in [-0.2, -0.15) is 0 Å². The van der Waals surface area contributed by atoms with Crippen molar-refractivity contribution in [2.75, 3.05) is 19.6 Å². The van der Waals surface area contributed by atoms with E-state index in [9.17, 15) is 4.79 Å². The molecule has 0 saturated carbocycles. The number of carbonyl (C=O) groups excluding carboxylic acids is 1. The summed E-state index contributed by atoms with van der Waals surface area (Å²) in [5.41, 5.74) is 0.875. The summed E-state index contributed by atoms with van der Waals surface area (Å²) < 4.78 is 5.41.